The van der Waals surface area contributed by atoms with Gasteiger partial charge in [0.1, 0.15) is 5.76 Å². The highest BCUT2D eigenvalue weighted by atomic mass is 35.5. The summed E-state index contributed by atoms with van der Waals surface area (Å²) in [6, 6.07) is 14.0. The Morgan fingerprint density at radius 3 is 2.83 bits per heavy atom. The van der Waals surface area contributed by atoms with Gasteiger partial charge in [0.25, 0.3) is 5.91 Å². The number of halogens is 1. The van der Waals surface area contributed by atoms with Crippen LogP contribution in [0.4, 0.5) is 0 Å². The van der Waals surface area contributed by atoms with Gasteiger partial charge in [0.05, 0.1) is 23.1 Å². The largest absolute Gasteiger partial charge is 0.455 e. The lowest BCUT2D eigenvalue weighted by atomic mass is 10.4. The lowest BCUT2D eigenvalue weighted by molar-refractivity contribution is 0.0922. The Kier molecular flexibility index (Phi) is 5.50. The zero-order valence-electron chi connectivity index (χ0n) is 12.5. The number of hydrogen-bond donors (Lipinski definition) is 1. The van der Waals surface area contributed by atoms with Crippen LogP contribution in [0.2, 0.25) is 5.02 Å². The highest BCUT2D eigenvalue weighted by Crippen LogP contribution is 2.18. The van der Waals surface area contributed by atoms with Crippen LogP contribution in [0.25, 0.3) is 0 Å². The smallest absolute Gasteiger partial charge is 0.287 e. The second-order valence-corrected chi connectivity index (χ2v) is 7.90. The number of nitrogens with one attached hydrogen (secondary N) is 1. The first kappa shape index (κ1) is 17.0. The van der Waals surface area contributed by atoms with Gasteiger partial charge >= 0.3 is 0 Å². The standard InChI is InChI=1S/C17H14ClNO3S2/c18-12-3-1-5-15(9-12)24(21)11-13-6-7-16(22-13)17(20)19-10-14-4-2-8-23-14/h1-9H,10-11H2,(H,19,20). The second kappa shape index (κ2) is 7.79. The third kappa shape index (κ3) is 4.35. The van der Waals surface area contributed by atoms with Gasteiger partial charge in [0.2, 0.25) is 0 Å². The molecule has 0 spiro atoms. The highest BCUT2D eigenvalue weighted by molar-refractivity contribution is 7.84. The van der Waals surface area contributed by atoms with Crippen LogP contribution in [-0.4, -0.2) is 10.1 Å². The summed E-state index contributed by atoms with van der Waals surface area (Å²) in [7, 11) is -1.28. The van der Waals surface area contributed by atoms with Crippen molar-refractivity contribution in [1.82, 2.24) is 5.32 Å². The molecule has 0 saturated carbocycles. The van der Waals surface area contributed by atoms with E-state index in [1.807, 2.05) is 17.5 Å². The van der Waals surface area contributed by atoms with Crippen molar-refractivity contribution in [2.45, 2.75) is 17.2 Å². The topological polar surface area (TPSA) is 59.3 Å². The summed E-state index contributed by atoms with van der Waals surface area (Å²) in [4.78, 5) is 13.8. The maximum Gasteiger partial charge on any atom is 0.287 e. The Morgan fingerprint density at radius 1 is 1.21 bits per heavy atom. The van der Waals surface area contributed by atoms with E-state index in [0.717, 1.165) is 4.88 Å². The minimum absolute atomic E-state index is 0.193. The summed E-state index contributed by atoms with van der Waals surface area (Å²) < 4.78 is 17.8. The van der Waals surface area contributed by atoms with Crippen LogP contribution in [-0.2, 0) is 23.1 Å². The molecule has 0 radical (unpaired) electrons. The molecule has 124 valence electrons. The van der Waals surface area contributed by atoms with Gasteiger partial charge in [-0.3, -0.25) is 9.00 Å². The van der Waals surface area contributed by atoms with Gasteiger partial charge in [-0.1, -0.05) is 23.7 Å². The summed E-state index contributed by atoms with van der Waals surface area (Å²) in [5.41, 5.74) is 0. The van der Waals surface area contributed by atoms with E-state index < -0.39 is 10.8 Å². The van der Waals surface area contributed by atoms with Crippen molar-refractivity contribution in [2.75, 3.05) is 0 Å². The average molecular weight is 380 g/mol. The molecule has 3 aromatic rings. The van der Waals surface area contributed by atoms with E-state index in [2.05, 4.69) is 5.32 Å². The molecule has 0 aliphatic heterocycles. The van der Waals surface area contributed by atoms with Crippen molar-refractivity contribution in [3.63, 3.8) is 0 Å². The number of thiophene rings is 1. The summed E-state index contributed by atoms with van der Waals surface area (Å²) >= 11 is 7.48. The van der Waals surface area contributed by atoms with Crippen LogP contribution < -0.4 is 5.32 Å². The number of rotatable bonds is 6. The number of carbonyl (C=O) groups is 1. The average Bonchev–Trinajstić information content (AvgIpc) is 3.24. The van der Waals surface area contributed by atoms with Gasteiger partial charge in [-0.25, -0.2) is 0 Å². The molecule has 2 heterocycles. The maximum absolute atomic E-state index is 12.3. The predicted molar refractivity (Wildman–Crippen MR) is 95.8 cm³/mol. The van der Waals surface area contributed by atoms with Crippen molar-refractivity contribution < 1.29 is 13.4 Å². The van der Waals surface area contributed by atoms with Crippen molar-refractivity contribution in [2.24, 2.45) is 0 Å². The summed E-state index contributed by atoms with van der Waals surface area (Å²) in [5, 5.41) is 5.28. The molecule has 0 aliphatic carbocycles. The molecule has 0 saturated heterocycles. The fourth-order valence-corrected chi connectivity index (χ4v) is 4.03. The van der Waals surface area contributed by atoms with Crippen molar-refractivity contribution >= 4 is 39.6 Å². The maximum atomic E-state index is 12.3. The van der Waals surface area contributed by atoms with E-state index >= 15 is 0 Å². The molecule has 24 heavy (non-hydrogen) atoms. The van der Waals surface area contributed by atoms with Crippen molar-refractivity contribution in [3.8, 4) is 0 Å². The minimum Gasteiger partial charge on any atom is -0.455 e. The first-order valence-electron chi connectivity index (χ1n) is 7.15. The number of amides is 1. The Morgan fingerprint density at radius 2 is 2.08 bits per heavy atom. The fraction of sp³-hybridized carbons (Fsp3) is 0.118. The normalized spacial score (nSPS) is 12.0. The molecule has 1 amide bonds. The van der Waals surface area contributed by atoms with Gasteiger partial charge < -0.3 is 9.73 Å². The van der Waals surface area contributed by atoms with E-state index in [-0.39, 0.29) is 17.4 Å². The molecule has 1 aromatic carbocycles. The molecule has 3 rings (SSSR count). The Labute approximate surface area is 150 Å². The number of carbonyl (C=O) groups excluding carboxylic acids is 1. The molecule has 7 heteroatoms. The number of hydrogen-bond acceptors (Lipinski definition) is 4. The zero-order valence-corrected chi connectivity index (χ0v) is 14.9. The number of furan rings is 1. The Balaban J connectivity index is 1.60. The zero-order chi connectivity index (χ0) is 16.9. The molecule has 4 nitrogen and oxygen atoms in total. The van der Waals surface area contributed by atoms with Gasteiger partial charge in [0.15, 0.2) is 5.76 Å². The van der Waals surface area contributed by atoms with Crippen LogP contribution in [0, 0.1) is 0 Å². The van der Waals surface area contributed by atoms with Crippen LogP contribution in [0.3, 0.4) is 0 Å². The predicted octanol–water partition coefficient (Wildman–Crippen LogP) is 4.23. The first-order chi connectivity index (χ1) is 11.6. The van der Waals surface area contributed by atoms with Gasteiger partial charge in [-0.05, 0) is 41.8 Å². The van der Waals surface area contributed by atoms with Gasteiger partial charge in [-0.15, -0.1) is 11.3 Å². The molecular formula is C17H14ClNO3S2. The van der Waals surface area contributed by atoms with Gasteiger partial charge in [-0.2, -0.15) is 0 Å². The third-order valence-corrected chi connectivity index (χ3v) is 5.66. The fourth-order valence-electron chi connectivity index (χ4n) is 2.07. The highest BCUT2D eigenvalue weighted by Gasteiger charge is 2.14. The quantitative estimate of drug-likeness (QED) is 0.697. The Hall–Kier alpha value is -1.89. The van der Waals surface area contributed by atoms with E-state index in [1.165, 1.54) is 0 Å². The van der Waals surface area contributed by atoms with E-state index in [1.54, 1.807) is 47.7 Å². The Bertz CT molecular complexity index is 858. The minimum atomic E-state index is -1.28. The van der Waals surface area contributed by atoms with E-state index in [9.17, 15) is 9.00 Å². The molecule has 1 N–H and O–H groups in total. The van der Waals surface area contributed by atoms with Crippen molar-refractivity contribution in [1.29, 1.82) is 0 Å². The first-order valence-corrected chi connectivity index (χ1v) is 9.73. The molecule has 1 unspecified atom stereocenters. The molecule has 1 atom stereocenters. The molecule has 0 aliphatic rings. The summed E-state index contributed by atoms with van der Waals surface area (Å²) in [6.07, 6.45) is 0. The lowest BCUT2D eigenvalue weighted by Gasteiger charge is -2.02. The molecular weight excluding hydrogens is 366 g/mol. The molecule has 0 fully saturated rings. The lowest BCUT2D eigenvalue weighted by Crippen LogP contribution is -2.21. The monoisotopic (exact) mass is 379 g/mol. The molecule has 2 aromatic heterocycles. The molecule has 0 bridgehead atoms. The summed E-state index contributed by atoms with van der Waals surface area (Å²) in [6.45, 7) is 0.459. The third-order valence-electron chi connectivity index (χ3n) is 3.22. The van der Waals surface area contributed by atoms with Crippen LogP contribution in [0.1, 0.15) is 21.2 Å². The second-order valence-electron chi connectivity index (χ2n) is 4.98. The van der Waals surface area contributed by atoms with E-state index in [4.69, 9.17) is 16.0 Å². The van der Waals surface area contributed by atoms with Crippen molar-refractivity contribution in [3.05, 3.63) is 75.3 Å². The van der Waals surface area contributed by atoms with Crippen LogP contribution in [0.15, 0.2) is 63.2 Å². The van der Waals surface area contributed by atoms with E-state index in [0.29, 0.717) is 22.2 Å². The SMILES string of the molecule is O=C(NCc1cccs1)c1ccc(CS(=O)c2cccc(Cl)c2)o1. The number of benzene rings is 1. The summed E-state index contributed by atoms with van der Waals surface area (Å²) in [5.74, 6) is 0.612. The van der Waals surface area contributed by atoms with Gasteiger partial charge in [0, 0.05) is 14.8 Å². The van der Waals surface area contributed by atoms with Crippen LogP contribution >= 0.6 is 22.9 Å². The van der Waals surface area contributed by atoms with Crippen LogP contribution in [0.5, 0.6) is 0 Å².